The van der Waals surface area contributed by atoms with Crippen LogP contribution >= 0.6 is 0 Å². The van der Waals surface area contributed by atoms with Gasteiger partial charge in [0.25, 0.3) is 5.91 Å². The van der Waals surface area contributed by atoms with Crippen LogP contribution in [0.25, 0.3) is 0 Å². The fraction of sp³-hybridized carbons (Fsp3) is 0.587. The monoisotopic (exact) mass is 866 g/mol. The smallest absolute Gasteiger partial charge is 0.408 e. The lowest BCUT2D eigenvalue weighted by Crippen LogP contribution is -2.60. The van der Waals surface area contributed by atoms with Crippen LogP contribution in [0.5, 0.6) is 5.75 Å². The zero-order valence-electron chi connectivity index (χ0n) is 37.7. The molecule has 4 N–H and O–H groups in total. The lowest BCUT2D eigenvalue weighted by molar-refractivity contribution is -0.208. The molecule has 0 aromatic heterocycles. The van der Waals surface area contributed by atoms with Gasteiger partial charge < -0.3 is 54.4 Å². The van der Waals surface area contributed by atoms with Crippen molar-refractivity contribution in [2.45, 2.75) is 142 Å². The zero-order chi connectivity index (χ0) is 45.6. The predicted octanol–water partition coefficient (Wildman–Crippen LogP) is 4.87. The number of amides is 4. The van der Waals surface area contributed by atoms with Crippen LogP contribution < -0.4 is 26.0 Å². The average molecular weight is 867 g/mol. The third kappa shape index (κ3) is 15.1. The summed E-state index contributed by atoms with van der Waals surface area (Å²) in [6.07, 6.45) is 1.68. The van der Waals surface area contributed by atoms with E-state index in [1.54, 1.807) is 62.5 Å². The summed E-state index contributed by atoms with van der Waals surface area (Å²) in [6.45, 7) is 14.7. The third-order valence-electron chi connectivity index (χ3n) is 10.3. The Hall–Kier alpha value is -5.03. The van der Waals surface area contributed by atoms with Crippen LogP contribution in [-0.2, 0) is 60.6 Å². The molecule has 2 saturated heterocycles. The Balaban J connectivity index is 1.47. The number of rotatable bonds is 21. The van der Waals surface area contributed by atoms with Crippen LogP contribution in [0.1, 0.15) is 85.8 Å². The minimum absolute atomic E-state index is 0.0932. The minimum atomic E-state index is -1.36. The molecule has 8 atom stereocenters. The van der Waals surface area contributed by atoms with Gasteiger partial charge in [0, 0.05) is 19.1 Å². The number of unbranched alkanes of at least 4 members (excludes halogenated alkanes) is 1. The average Bonchev–Trinajstić information content (AvgIpc) is 3.70. The van der Waals surface area contributed by atoms with Crippen LogP contribution in [0, 0.1) is 11.8 Å². The summed E-state index contributed by atoms with van der Waals surface area (Å²) in [5.74, 6) is -3.77. The number of nitrogens with one attached hydrogen (secondary N) is 4. The van der Waals surface area contributed by atoms with Gasteiger partial charge in [0.1, 0.15) is 29.5 Å². The molecule has 0 saturated carbocycles. The van der Waals surface area contributed by atoms with E-state index in [0.717, 1.165) is 23.3 Å². The quantitative estimate of drug-likeness (QED) is 0.0756. The maximum atomic E-state index is 14.3. The Morgan fingerprint density at radius 3 is 2.18 bits per heavy atom. The number of allylic oxidation sites excluding steroid dienone is 1. The molecule has 16 nitrogen and oxygen atoms in total. The molecule has 4 amide bonds. The first-order valence-electron chi connectivity index (χ1n) is 21.2. The highest BCUT2D eigenvalue weighted by Gasteiger charge is 2.58. The molecule has 62 heavy (non-hydrogen) atoms. The Bertz CT molecular complexity index is 1810. The maximum absolute atomic E-state index is 14.3. The largest absolute Gasteiger partial charge is 0.497 e. The number of carbonyl (C=O) groups is 5. The van der Waals surface area contributed by atoms with E-state index >= 15 is 0 Å². The highest BCUT2D eigenvalue weighted by molar-refractivity contribution is 5.92. The van der Waals surface area contributed by atoms with Gasteiger partial charge in [0.15, 0.2) is 18.2 Å². The summed E-state index contributed by atoms with van der Waals surface area (Å²) in [6, 6.07) is 12.9. The maximum Gasteiger partial charge on any atom is 0.408 e. The molecule has 2 aliphatic heterocycles. The van der Waals surface area contributed by atoms with Crippen molar-refractivity contribution >= 4 is 29.8 Å². The van der Waals surface area contributed by atoms with E-state index in [1.807, 2.05) is 66.7 Å². The third-order valence-corrected chi connectivity index (χ3v) is 10.3. The van der Waals surface area contributed by atoms with Crippen LogP contribution in [0.2, 0.25) is 0 Å². The Kier molecular flexibility index (Phi) is 18.3. The van der Waals surface area contributed by atoms with Crippen LogP contribution in [-0.4, -0.2) is 105 Å². The summed E-state index contributed by atoms with van der Waals surface area (Å²) in [5, 5.41) is 11.3. The summed E-state index contributed by atoms with van der Waals surface area (Å²) in [5.41, 5.74) is 1.000. The number of alkyl carbamates (subject to hydrolysis) is 1. The number of esters is 1. The SMILES string of the molecule is COC(=O)[C@@H](C)[C@@H](C/C=C\CCCOCc1ccc(OC)cc1)NC(=O)[C@@H](Cc1ccccc1)NC(=O)[C@H]1O[C@@H]2OC(C)(C)O[C@@H]2[C@H]1NC(=O)[C@H](NC(=O)OC(C)(C)C)C(C)C. The van der Waals surface area contributed by atoms with Gasteiger partial charge in [-0.25, -0.2) is 4.79 Å². The fourth-order valence-corrected chi connectivity index (χ4v) is 7.02. The highest BCUT2D eigenvalue weighted by Crippen LogP contribution is 2.38. The van der Waals surface area contributed by atoms with E-state index in [2.05, 4.69) is 21.3 Å². The Morgan fingerprint density at radius 2 is 1.55 bits per heavy atom. The molecular weight excluding hydrogens is 801 g/mol. The molecule has 2 aliphatic rings. The number of benzene rings is 2. The van der Waals surface area contributed by atoms with Crippen LogP contribution in [0.3, 0.4) is 0 Å². The predicted molar refractivity (Wildman–Crippen MR) is 229 cm³/mol. The standard InChI is InChI=1S/C46H66N4O12/c1-28(2)35(50-44(55)62-45(4,5)6)40(52)49-36-37(59-43-38(36)60-46(7,8)61-43)41(53)48-34(26-30-18-14-13-15-19-30)39(51)47-33(29(3)42(54)57-10)20-16-11-12-17-25-58-27-31-21-23-32(56-9)24-22-31/h11,13-16,18-19,21-24,28-29,33-38,43H,12,17,20,25-27H2,1-10H3,(H,47,51)(H,48,53)(H,49,52)(H,50,55)/b16-11-/t29-,33+,34+,35+,36-,37-,38+,43+/m0/s1. The molecule has 0 unspecified atom stereocenters. The van der Waals surface area contributed by atoms with Crippen LogP contribution in [0.4, 0.5) is 4.79 Å². The van der Waals surface area contributed by atoms with E-state index < -0.39 is 89.8 Å². The van der Waals surface area contributed by atoms with E-state index in [1.165, 1.54) is 7.11 Å². The second-order valence-electron chi connectivity index (χ2n) is 17.4. The first-order valence-corrected chi connectivity index (χ1v) is 21.2. The molecule has 4 rings (SSSR count). The molecule has 2 aromatic rings. The van der Waals surface area contributed by atoms with Gasteiger partial charge in [0.2, 0.25) is 11.8 Å². The second-order valence-corrected chi connectivity index (χ2v) is 17.4. The first kappa shape index (κ1) is 49.6. The summed E-state index contributed by atoms with van der Waals surface area (Å²) < 4.78 is 39.6. The van der Waals surface area contributed by atoms with Gasteiger partial charge in [-0.1, -0.05) is 68.5 Å². The Labute approximate surface area is 365 Å². The number of carbonyl (C=O) groups excluding carboxylic acids is 5. The number of ether oxygens (including phenoxy) is 7. The van der Waals surface area contributed by atoms with E-state index in [0.29, 0.717) is 26.1 Å². The van der Waals surface area contributed by atoms with Gasteiger partial charge in [0.05, 0.1) is 32.8 Å². The second kappa shape index (κ2) is 22.9. The number of hydrogen-bond acceptors (Lipinski definition) is 12. The molecule has 2 fully saturated rings. The van der Waals surface area contributed by atoms with Gasteiger partial charge in [-0.15, -0.1) is 0 Å². The summed E-state index contributed by atoms with van der Waals surface area (Å²) in [4.78, 5) is 67.9. The molecule has 342 valence electrons. The molecule has 16 heteroatoms. The molecule has 2 heterocycles. The van der Waals surface area contributed by atoms with E-state index in [4.69, 9.17) is 33.2 Å². The van der Waals surface area contributed by atoms with Crippen molar-refractivity contribution in [1.29, 1.82) is 0 Å². The molecule has 0 aliphatic carbocycles. The van der Waals surface area contributed by atoms with Crippen molar-refractivity contribution < 1.29 is 57.1 Å². The normalized spacial score (nSPS) is 21.3. The van der Waals surface area contributed by atoms with Crippen molar-refractivity contribution in [3.63, 3.8) is 0 Å². The first-order chi connectivity index (χ1) is 29.3. The van der Waals surface area contributed by atoms with Gasteiger partial charge >= 0.3 is 12.1 Å². The van der Waals surface area contributed by atoms with Crippen molar-refractivity contribution in [1.82, 2.24) is 21.3 Å². The summed E-state index contributed by atoms with van der Waals surface area (Å²) >= 11 is 0. The van der Waals surface area contributed by atoms with Crippen LogP contribution in [0.15, 0.2) is 66.7 Å². The van der Waals surface area contributed by atoms with E-state index in [9.17, 15) is 24.0 Å². The molecule has 2 aromatic carbocycles. The zero-order valence-corrected chi connectivity index (χ0v) is 37.7. The van der Waals surface area contributed by atoms with E-state index in [-0.39, 0.29) is 12.3 Å². The molecule has 0 radical (unpaired) electrons. The number of methoxy groups -OCH3 is 2. The Morgan fingerprint density at radius 1 is 0.855 bits per heavy atom. The van der Waals surface area contributed by atoms with Crippen molar-refractivity contribution in [3.8, 4) is 5.75 Å². The van der Waals surface area contributed by atoms with Gasteiger partial charge in [-0.2, -0.15) is 0 Å². The van der Waals surface area contributed by atoms with Crippen molar-refractivity contribution in [2.75, 3.05) is 20.8 Å². The lowest BCUT2D eigenvalue weighted by Gasteiger charge is -2.30. The molecule has 0 spiro atoms. The molecule has 0 bridgehead atoms. The number of fused-ring (bicyclic) bond motifs is 1. The lowest BCUT2D eigenvalue weighted by atomic mass is 9.97. The van der Waals surface area contributed by atoms with Gasteiger partial charge in [-0.05, 0) is 90.0 Å². The summed E-state index contributed by atoms with van der Waals surface area (Å²) in [7, 11) is 2.91. The number of hydrogen-bond donors (Lipinski definition) is 4. The minimum Gasteiger partial charge on any atom is -0.497 e. The highest BCUT2D eigenvalue weighted by atomic mass is 16.8. The van der Waals surface area contributed by atoms with Gasteiger partial charge in [-0.3, -0.25) is 19.2 Å². The van der Waals surface area contributed by atoms with Crippen molar-refractivity contribution in [2.24, 2.45) is 11.8 Å². The topological polar surface area (TPSA) is 198 Å². The van der Waals surface area contributed by atoms with Crippen molar-refractivity contribution in [3.05, 3.63) is 77.9 Å². The molecular formula is C46H66N4O12. The fourth-order valence-electron chi connectivity index (χ4n) is 7.02.